The summed E-state index contributed by atoms with van der Waals surface area (Å²) in [4.78, 5) is 23.5. The summed E-state index contributed by atoms with van der Waals surface area (Å²) in [7, 11) is 1.58. The molecule has 0 aliphatic rings. The molecule has 2 aromatic rings. The van der Waals surface area contributed by atoms with Gasteiger partial charge in [0.1, 0.15) is 6.42 Å². The monoisotopic (exact) mass is 243 g/mol. The van der Waals surface area contributed by atoms with Crippen molar-refractivity contribution in [1.29, 1.82) is 0 Å². The van der Waals surface area contributed by atoms with Gasteiger partial charge in [0.2, 0.25) is 5.91 Å². The molecule has 0 saturated heterocycles. The van der Waals surface area contributed by atoms with Crippen molar-refractivity contribution >= 4 is 28.3 Å². The molecule has 4 nitrogen and oxygen atoms in total. The van der Waals surface area contributed by atoms with E-state index < -0.39 is 18.3 Å². The number of anilines is 1. The molecule has 0 heterocycles. The second-order valence-corrected chi connectivity index (χ2v) is 4.05. The van der Waals surface area contributed by atoms with Gasteiger partial charge in [-0.15, -0.1) is 0 Å². The van der Waals surface area contributed by atoms with Crippen LogP contribution in [0, 0.1) is 0 Å². The number of benzene rings is 2. The molecule has 92 valence electrons. The first-order valence-electron chi connectivity index (χ1n) is 5.55. The van der Waals surface area contributed by atoms with Crippen molar-refractivity contribution in [3.05, 3.63) is 42.5 Å². The molecule has 0 unspecified atom stereocenters. The first-order chi connectivity index (χ1) is 8.58. The van der Waals surface area contributed by atoms with Crippen LogP contribution in [0.25, 0.3) is 10.8 Å². The molecule has 0 radical (unpaired) electrons. The first-order valence-corrected chi connectivity index (χ1v) is 5.55. The van der Waals surface area contributed by atoms with Gasteiger partial charge in [-0.1, -0.05) is 30.3 Å². The summed E-state index contributed by atoms with van der Waals surface area (Å²) < 4.78 is 0. The van der Waals surface area contributed by atoms with Crippen LogP contribution in [0.3, 0.4) is 0 Å². The molecule has 0 bridgehead atoms. The second kappa shape index (κ2) is 4.87. The van der Waals surface area contributed by atoms with E-state index in [4.69, 9.17) is 5.11 Å². The average molecular weight is 243 g/mol. The second-order valence-electron chi connectivity index (χ2n) is 4.05. The van der Waals surface area contributed by atoms with Gasteiger partial charge in [-0.25, -0.2) is 0 Å². The lowest BCUT2D eigenvalue weighted by molar-refractivity contribution is -0.140. The Morgan fingerprint density at radius 2 is 1.78 bits per heavy atom. The Kier molecular flexibility index (Phi) is 3.28. The number of carbonyl (C=O) groups is 2. The molecule has 2 rings (SSSR count). The van der Waals surface area contributed by atoms with Crippen LogP contribution in [0.4, 0.5) is 5.69 Å². The first kappa shape index (κ1) is 12.1. The van der Waals surface area contributed by atoms with E-state index in [-0.39, 0.29) is 0 Å². The third kappa shape index (κ3) is 2.48. The number of nitrogens with zero attached hydrogens (tertiary/aromatic N) is 1. The van der Waals surface area contributed by atoms with Crippen LogP contribution in [-0.4, -0.2) is 24.0 Å². The zero-order valence-electron chi connectivity index (χ0n) is 9.96. The van der Waals surface area contributed by atoms with E-state index in [1.807, 2.05) is 42.5 Å². The number of carboxylic acids is 1. The van der Waals surface area contributed by atoms with Crippen molar-refractivity contribution in [2.45, 2.75) is 6.42 Å². The van der Waals surface area contributed by atoms with Crippen LogP contribution in [0.2, 0.25) is 0 Å². The fraction of sp³-hybridized carbons (Fsp3) is 0.143. The van der Waals surface area contributed by atoms with Crippen LogP contribution in [0.1, 0.15) is 6.42 Å². The number of hydrogen-bond acceptors (Lipinski definition) is 2. The van der Waals surface area contributed by atoms with Gasteiger partial charge in [0.15, 0.2) is 0 Å². The Bertz CT molecular complexity index is 607. The summed E-state index contributed by atoms with van der Waals surface area (Å²) in [6.45, 7) is 0. The van der Waals surface area contributed by atoms with Gasteiger partial charge in [-0.3, -0.25) is 9.59 Å². The topological polar surface area (TPSA) is 57.6 Å². The van der Waals surface area contributed by atoms with E-state index in [9.17, 15) is 9.59 Å². The van der Waals surface area contributed by atoms with Crippen molar-refractivity contribution in [3.63, 3.8) is 0 Å². The normalized spacial score (nSPS) is 10.3. The van der Waals surface area contributed by atoms with E-state index in [2.05, 4.69) is 0 Å². The third-order valence-electron chi connectivity index (χ3n) is 2.80. The molecule has 0 aliphatic carbocycles. The highest BCUT2D eigenvalue weighted by Gasteiger charge is 2.14. The van der Waals surface area contributed by atoms with Crippen molar-refractivity contribution in [2.75, 3.05) is 11.9 Å². The van der Waals surface area contributed by atoms with Crippen LogP contribution < -0.4 is 4.90 Å². The fourth-order valence-electron chi connectivity index (χ4n) is 1.78. The van der Waals surface area contributed by atoms with E-state index in [1.165, 1.54) is 4.90 Å². The van der Waals surface area contributed by atoms with Crippen molar-refractivity contribution in [3.8, 4) is 0 Å². The highest BCUT2D eigenvalue weighted by Crippen LogP contribution is 2.21. The van der Waals surface area contributed by atoms with E-state index >= 15 is 0 Å². The predicted molar refractivity (Wildman–Crippen MR) is 69.6 cm³/mol. The highest BCUT2D eigenvalue weighted by atomic mass is 16.4. The summed E-state index contributed by atoms with van der Waals surface area (Å²) in [5.41, 5.74) is 0.694. The zero-order chi connectivity index (χ0) is 13.1. The Morgan fingerprint density at radius 1 is 1.11 bits per heavy atom. The van der Waals surface area contributed by atoms with E-state index in [1.54, 1.807) is 7.05 Å². The van der Waals surface area contributed by atoms with Crippen molar-refractivity contribution in [1.82, 2.24) is 0 Å². The minimum atomic E-state index is -1.12. The van der Waals surface area contributed by atoms with E-state index in [0.29, 0.717) is 5.69 Å². The number of aliphatic carboxylic acids is 1. The van der Waals surface area contributed by atoms with Crippen LogP contribution in [-0.2, 0) is 9.59 Å². The molecule has 0 aromatic heterocycles. The zero-order valence-corrected chi connectivity index (χ0v) is 9.96. The lowest BCUT2D eigenvalue weighted by Crippen LogP contribution is -2.28. The average Bonchev–Trinajstić information content (AvgIpc) is 2.36. The maximum atomic E-state index is 11.6. The number of rotatable bonds is 3. The lowest BCUT2D eigenvalue weighted by atomic mass is 10.1. The van der Waals surface area contributed by atoms with Crippen molar-refractivity contribution in [2.24, 2.45) is 0 Å². The smallest absolute Gasteiger partial charge is 0.312 e. The van der Waals surface area contributed by atoms with E-state index in [0.717, 1.165) is 10.8 Å². The summed E-state index contributed by atoms with van der Waals surface area (Å²) in [6.07, 6.45) is -0.497. The summed E-state index contributed by atoms with van der Waals surface area (Å²) in [5, 5.41) is 10.7. The third-order valence-corrected chi connectivity index (χ3v) is 2.80. The fourth-order valence-corrected chi connectivity index (χ4v) is 1.78. The summed E-state index contributed by atoms with van der Waals surface area (Å²) in [5.74, 6) is -1.55. The van der Waals surface area contributed by atoms with Crippen molar-refractivity contribution < 1.29 is 14.7 Å². The Labute approximate surface area is 104 Å². The number of fused-ring (bicyclic) bond motifs is 1. The number of amides is 1. The molecule has 0 spiro atoms. The Balaban J connectivity index is 2.30. The van der Waals surface area contributed by atoms with Gasteiger partial charge >= 0.3 is 5.97 Å². The summed E-state index contributed by atoms with van der Waals surface area (Å²) >= 11 is 0. The molecule has 0 aliphatic heterocycles. The number of carbonyl (C=O) groups excluding carboxylic acids is 1. The minimum absolute atomic E-state index is 0.433. The van der Waals surface area contributed by atoms with Crippen LogP contribution in [0.15, 0.2) is 42.5 Å². The summed E-state index contributed by atoms with van der Waals surface area (Å²) in [6, 6.07) is 13.4. The van der Waals surface area contributed by atoms with Gasteiger partial charge < -0.3 is 10.0 Å². The molecule has 18 heavy (non-hydrogen) atoms. The Hall–Kier alpha value is -2.36. The molecular weight excluding hydrogens is 230 g/mol. The highest BCUT2D eigenvalue weighted by molar-refractivity contribution is 6.03. The van der Waals surface area contributed by atoms with Gasteiger partial charge in [0.05, 0.1) is 0 Å². The molecule has 4 heteroatoms. The molecule has 0 saturated carbocycles. The standard InChI is InChI=1S/C14H13NO3/c1-15(13(16)9-14(17)18)12-7-6-10-4-2-3-5-11(10)8-12/h2-8H,9H2,1H3,(H,17,18). The molecule has 1 amide bonds. The molecule has 1 N–H and O–H groups in total. The SMILES string of the molecule is CN(C(=O)CC(=O)O)c1ccc2ccccc2c1. The quantitative estimate of drug-likeness (QED) is 0.841. The largest absolute Gasteiger partial charge is 0.481 e. The van der Waals surface area contributed by atoms with Gasteiger partial charge in [0.25, 0.3) is 0 Å². The van der Waals surface area contributed by atoms with Crippen LogP contribution in [0.5, 0.6) is 0 Å². The maximum Gasteiger partial charge on any atom is 0.312 e. The predicted octanol–water partition coefficient (Wildman–Crippen LogP) is 2.28. The molecule has 2 aromatic carbocycles. The number of carboxylic acid groups (broad SMARTS) is 1. The van der Waals surface area contributed by atoms with Crippen LogP contribution >= 0.6 is 0 Å². The Morgan fingerprint density at radius 3 is 2.44 bits per heavy atom. The minimum Gasteiger partial charge on any atom is -0.481 e. The molecule has 0 atom stereocenters. The van der Waals surface area contributed by atoms with Gasteiger partial charge in [0, 0.05) is 12.7 Å². The molecule has 0 fully saturated rings. The van der Waals surface area contributed by atoms with Gasteiger partial charge in [-0.2, -0.15) is 0 Å². The lowest BCUT2D eigenvalue weighted by Gasteiger charge is -2.16. The maximum absolute atomic E-state index is 11.6. The number of hydrogen-bond donors (Lipinski definition) is 1. The molecular formula is C14H13NO3. The van der Waals surface area contributed by atoms with Gasteiger partial charge in [-0.05, 0) is 22.9 Å².